The van der Waals surface area contributed by atoms with Gasteiger partial charge in [0.25, 0.3) is 0 Å². The fourth-order valence-electron chi connectivity index (χ4n) is 1.05. The van der Waals surface area contributed by atoms with Crippen LogP contribution in [0.3, 0.4) is 0 Å². The molecule has 2 N–H and O–H groups in total. The van der Waals surface area contributed by atoms with Crippen LogP contribution in [0.1, 0.15) is 6.42 Å². The number of amides is 1. The van der Waals surface area contributed by atoms with E-state index in [1.165, 1.54) is 4.90 Å². The highest BCUT2D eigenvalue weighted by Crippen LogP contribution is 1.83. The summed E-state index contributed by atoms with van der Waals surface area (Å²) >= 11 is 0. The lowest BCUT2D eigenvalue weighted by molar-refractivity contribution is -0.127. The van der Waals surface area contributed by atoms with Gasteiger partial charge in [-0.2, -0.15) is 0 Å². The molecule has 0 aliphatic carbocycles. The van der Waals surface area contributed by atoms with E-state index >= 15 is 0 Å². The average Bonchev–Trinajstić information content (AvgIpc) is 2.36. The summed E-state index contributed by atoms with van der Waals surface area (Å²) in [5.41, 5.74) is 0. The van der Waals surface area contributed by atoms with Crippen LogP contribution >= 0.6 is 24.0 Å². The van der Waals surface area contributed by atoms with Crippen molar-refractivity contribution in [1.82, 2.24) is 15.5 Å². The summed E-state index contributed by atoms with van der Waals surface area (Å²) in [6, 6.07) is 0. The van der Waals surface area contributed by atoms with Gasteiger partial charge in [0.15, 0.2) is 5.96 Å². The van der Waals surface area contributed by atoms with Crippen LogP contribution in [0.15, 0.2) is 17.6 Å². The Kier molecular flexibility index (Phi) is 14.7. The highest BCUT2D eigenvalue weighted by Gasteiger charge is 2.03. The van der Waals surface area contributed by atoms with Gasteiger partial charge in [-0.25, -0.2) is 4.99 Å². The zero-order valence-electron chi connectivity index (χ0n) is 11.9. The monoisotopic (exact) mass is 384 g/mol. The maximum Gasteiger partial charge on any atom is 0.243 e. The van der Waals surface area contributed by atoms with Gasteiger partial charge in [0.05, 0.1) is 0 Å². The Morgan fingerprint density at radius 1 is 1.42 bits per heavy atom. The second-order valence-corrected chi connectivity index (χ2v) is 3.90. The van der Waals surface area contributed by atoms with E-state index in [1.54, 1.807) is 27.3 Å². The molecule has 0 heterocycles. The molecule has 0 saturated heterocycles. The maximum absolute atomic E-state index is 11.4. The zero-order valence-corrected chi connectivity index (χ0v) is 14.3. The summed E-state index contributed by atoms with van der Waals surface area (Å²) in [4.78, 5) is 17.1. The number of aliphatic imine (C=N–C) groups is 1. The molecule has 1 amide bonds. The van der Waals surface area contributed by atoms with Gasteiger partial charge in [-0.1, -0.05) is 6.08 Å². The minimum absolute atomic E-state index is 0. The minimum Gasteiger partial charge on any atom is -0.385 e. The molecule has 0 aromatic carbocycles. The van der Waals surface area contributed by atoms with Gasteiger partial charge in [0.2, 0.25) is 5.91 Å². The molecule has 0 aromatic rings. The third-order valence-electron chi connectivity index (χ3n) is 2.10. The molecular weight excluding hydrogens is 359 g/mol. The van der Waals surface area contributed by atoms with Crippen LogP contribution in [0.25, 0.3) is 0 Å². The van der Waals surface area contributed by atoms with Gasteiger partial charge in [-0.15, -0.1) is 30.6 Å². The first-order valence-electron chi connectivity index (χ1n) is 5.94. The van der Waals surface area contributed by atoms with Crippen molar-refractivity contribution in [3.05, 3.63) is 12.7 Å². The van der Waals surface area contributed by atoms with E-state index in [4.69, 9.17) is 4.74 Å². The number of ether oxygens (including phenoxy) is 1. The molecule has 19 heavy (non-hydrogen) atoms. The number of nitrogens with zero attached hydrogens (tertiary/aromatic N) is 2. The van der Waals surface area contributed by atoms with Crippen molar-refractivity contribution in [1.29, 1.82) is 0 Å². The predicted molar refractivity (Wildman–Crippen MR) is 89.1 cm³/mol. The van der Waals surface area contributed by atoms with Gasteiger partial charge >= 0.3 is 0 Å². The molecule has 112 valence electrons. The predicted octanol–water partition coefficient (Wildman–Crippen LogP) is 0.450. The number of carbonyl (C=O) groups is 1. The molecule has 0 fully saturated rings. The first-order chi connectivity index (χ1) is 8.61. The summed E-state index contributed by atoms with van der Waals surface area (Å²) in [5.74, 6) is 0.577. The largest absolute Gasteiger partial charge is 0.385 e. The number of hydrogen-bond acceptors (Lipinski definition) is 3. The topological polar surface area (TPSA) is 66.0 Å². The van der Waals surface area contributed by atoms with Crippen LogP contribution in [-0.2, 0) is 9.53 Å². The number of guanidine groups is 1. The third kappa shape index (κ3) is 12.0. The van der Waals surface area contributed by atoms with Gasteiger partial charge in [0.1, 0.15) is 6.54 Å². The fraction of sp³-hybridized carbons (Fsp3) is 0.667. The van der Waals surface area contributed by atoms with Crippen molar-refractivity contribution >= 4 is 35.8 Å². The van der Waals surface area contributed by atoms with E-state index in [0.717, 1.165) is 13.0 Å². The van der Waals surface area contributed by atoms with Crippen molar-refractivity contribution in [3.8, 4) is 0 Å². The normalized spacial score (nSPS) is 10.4. The molecule has 6 nitrogen and oxygen atoms in total. The number of methoxy groups -OCH3 is 1. The highest BCUT2D eigenvalue weighted by atomic mass is 127. The first kappa shape index (κ1) is 20.5. The van der Waals surface area contributed by atoms with E-state index in [2.05, 4.69) is 22.2 Å². The van der Waals surface area contributed by atoms with Gasteiger partial charge in [-0.05, 0) is 6.42 Å². The average molecular weight is 384 g/mol. The van der Waals surface area contributed by atoms with Crippen LogP contribution in [0.5, 0.6) is 0 Å². The fourth-order valence-corrected chi connectivity index (χ4v) is 1.05. The summed E-state index contributed by atoms with van der Waals surface area (Å²) in [7, 11) is 5.09. The van der Waals surface area contributed by atoms with E-state index in [-0.39, 0.29) is 36.4 Å². The van der Waals surface area contributed by atoms with Crippen molar-refractivity contribution < 1.29 is 9.53 Å². The van der Waals surface area contributed by atoms with Gasteiger partial charge in [0, 0.05) is 40.9 Å². The van der Waals surface area contributed by atoms with E-state index in [1.807, 2.05) is 0 Å². The quantitative estimate of drug-likeness (QED) is 0.210. The SMILES string of the molecule is C=CCNC(=NCC(=O)N(C)C)NCCCOC.I. The lowest BCUT2D eigenvalue weighted by Gasteiger charge is -2.12. The molecule has 0 unspecified atom stereocenters. The minimum atomic E-state index is -0.0356. The van der Waals surface area contributed by atoms with Gasteiger partial charge < -0.3 is 20.3 Å². The second-order valence-electron chi connectivity index (χ2n) is 3.90. The third-order valence-corrected chi connectivity index (χ3v) is 2.10. The van der Waals surface area contributed by atoms with Crippen molar-refractivity contribution in [3.63, 3.8) is 0 Å². The number of rotatable bonds is 8. The number of halogens is 1. The number of carbonyl (C=O) groups excluding carboxylic acids is 1. The smallest absolute Gasteiger partial charge is 0.243 e. The Morgan fingerprint density at radius 2 is 2.11 bits per heavy atom. The number of likely N-dealkylation sites (N-methyl/N-ethyl adjacent to an activating group) is 1. The second kappa shape index (κ2) is 13.6. The van der Waals surface area contributed by atoms with Crippen LogP contribution < -0.4 is 10.6 Å². The van der Waals surface area contributed by atoms with Gasteiger partial charge in [-0.3, -0.25) is 4.79 Å². The Morgan fingerprint density at radius 3 is 2.63 bits per heavy atom. The maximum atomic E-state index is 11.4. The summed E-state index contributed by atoms with van der Waals surface area (Å²) in [6.45, 7) is 5.79. The van der Waals surface area contributed by atoms with Crippen molar-refractivity contribution in [2.24, 2.45) is 4.99 Å². The molecule has 0 atom stereocenters. The lowest BCUT2D eigenvalue weighted by Crippen LogP contribution is -2.39. The molecule has 0 rings (SSSR count). The van der Waals surface area contributed by atoms with Crippen molar-refractivity contribution in [2.45, 2.75) is 6.42 Å². The first-order valence-corrected chi connectivity index (χ1v) is 5.94. The Bertz CT molecular complexity index is 283. The van der Waals surface area contributed by atoms with Crippen LogP contribution in [0, 0.1) is 0 Å². The Balaban J connectivity index is 0. The van der Waals surface area contributed by atoms with E-state index in [9.17, 15) is 4.79 Å². The van der Waals surface area contributed by atoms with Crippen LogP contribution in [-0.4, -0.2) is 64.2 Å². The Hall–Kier alpha value is -0.830. The molecule has 0 spiro atoms. The van der Waals surface area contributed by atoms with Crippen LogP contribution in [0.2, 0.25) is 0 Å². The zero-order chi connectivity index (χ0) is 13.8. The van der Waals surface area contributed by atoms with Crippen molar-refractivity contribution in [2.75, 3.05) is 47.4 Å². The van der Waals surface area contributed by atoms with E-state index < -0.39 is 0 Å². The standard InChI is InChI=1S/C12H24N4O2.HI/c1-5-7-13-12(14-8-6-9-18-4)15-10-11(17)16(2)3;/h5H,1,6-10H2,2-4H3,(H2,13,14,15);1H. The molecule has 0 aliphatic heterocycles. The highest BCUT2D eigenvalue weighted by molar-refractivity contribution is 14.0. The summed E-state index contributed by atoms with van der Waals surface area (Å²) in [6.07, 6.45) is 2.62. The molecule has 0 aliphatic rings. The molecule has 0 aromatic heterocycles. The molecular formula is C12H25IN4O2. The Labute approximate surface area is 132 Å². The molecule has 0 saturated carbocycles. The summed E-state index contributed by atoms with van der Waals surface area (Å²) < 4.78 is 4.96. The molecule has 0 bridgehead atoms. The van der Waals surface area contributed by atoms with E-state index in [0.29, 0.717) is 19.1 Å². The van der Waals surface area contributed by atoms with Crippen LogP contribution in [0.4, 0.5) is 0 Å². The number of nitrogens with one attached hydrogen (secondary N) is 2. The summed E-state index contributed by atoms with van der Waals surface area (Å²) in [5, 5.41) is 6.17. The molecule has 0 radical (unpaired) electrons. The number of hydrogen-bond donors (Lipinski definition) is 2. The lowest BCUT2D eigenvalue weighted by atomic mass is 10.4. The molecule has 7 heteroatoms.